The van der Waals surface area contributed by atoms with Crippen LogP contribution in [0.4, 0.5) is 0 Å². The van der Waals surface area contributed by atoms with Crippen LogP contribution in [0.1, 0.15) is 53.0 Å². The first-order valence-corrected chi connectivity index (χ1v) is 13.4. The molecule has 0 bridgehead atoms. The van der Waals surface area contributed by atoms with Crippen molar-refractivity contribution in [2.24, 2.45) is 5.73 Å². The maximum absolute atomic E-state index is 13.6. The van der Waals surface area contributed by atoms with Crippen LogP contribution in [0.2, 0.25) is 0 Å². The normalized spacial score (nSPS) is 17.1. The molecule has 2 heterocycles. The minimum absolute atomic E-state index is 0.0598. The molecule has 2 fully saturated rings. The van der Waals surface area contributed by atoms with E-state index in [-0.39, 0.29) is 17.0 Å². The number of primary amides is 1. The zero-order chi connectivity index (χ0) is 25.8. The number of hydrogen-bond donors (Lipinski definition) is 2. The van der Waals surface area contributed by atoms with Crippen molar-refractivity contribution in [3.8, 4) is 0 Å². The third kappa shape index (κ3) is 3.90. The summed E-state index contributed by atoms with van der Waals surface area (Å²) in [5.41, 5.74) is 8.34. The van der Waals surface area contributed by atoms with Crippen LogP contribution >= 0.6 is 0 Å². The molecule has 1 saturated carbocycles. The number of ether oxygens (including phenoxy) is 1. The first kappa shape index (κ1) is 24.2. The van der Waals surface area contributed by atoms with Gasteiger partial charge in [-0.05, 0) is 68.2 Å². The molecular weight excluding hydrogens is 480 g/mol. The Kier molecular flexibility index (Phi) is 5.96. The summed E-state index contributed by atoms with van der Waals surface area (Å²) in [5.74, 6) is -0.929. The van der Waals surface area contributed by atoms with Gasteiger partial charge in [0.25, 0.3) is 11.8 Å². The maximum Gasteiger partial charge on any atom is 0.254 e. The summed E-state index contributed by atoms with van der Waals surface area (Å²) in [5, 5.41) is 8.67. The second kappa shape index (κ2) is 8.86. The van der Waals surface area contributed by atoms with E-state index < -0.39 is 21.2 Å². The highest BCUT2D eigenvalue weighted by Crippen LogP contribution is 2.40. The average Bonchev–Trinajstić information content (AvgIpc) is 3.67. The Morgan fingerprint density at radius 1 is 1.08 bits per heavy atom. The summed E-state index contributed by atoms with van der Waals surface area (Å²) < 4.78 is 33.8. The Morgan fingerprint density at radius 2 is 1.75 bits per heavy atom. The molecule has 10 heteroatoms. The lowest BCUT2D eigenvalue weighted by Crippen LogP contribution is -2.40. The number of nitrogens with two attached hydrogens (primary N) is 1. The standard InChI is InChI=1S/C26H28N4O5S/c1-3-19(15(2)27)17-13-21-20-12-16(26(32)29-8-10-35-11-9-29)4-7-23(20)30(36(33,34)18-5-6-18)24(21)22(14-17)25(28)31/h3-4,7,12-14,18,27H,5-6,8-11H2,1-2H3,(H2,28,31). The smallest absolute Gasteiger partial charge is 0.254 e. The lowest BCUT2D eigenvalue weighted by atomic mass is 9.96. The monoisotopic (exact) mass is 508 g/mol. The van der Waals surface area contributed by atoms with E-state index in [1.54, 1.807) is 55.2 Å². The number of carbonyl (C=O) groups is 2. The quantitative estimate of drug-likeness (QED) is 0.493. The molecule has 5 rings (SSSR count). The lowest BCUT2D eigenvalue weighted by Gasteiger charge is -2.26. The number of aromatic nitrogens is 1. The van der Waals surface area contributed by atoms with E-state index in [1.807, 2.05) is 0 Å². The largest absolute Gasteiger partial charge is 0.378 e. The number of nitrogens with one attached hydrogen (secondary N) is 1. The summed E-state index contributed by atoms with van der Waals surface area (Å²) in [6, 6.07) is 8.28. The fourth-order valence-electron chi connectivity index (χ4n) is 4.91. The SMILES string of the molecule is CC=C(C(C)=N)c1cc(C(N)=O)c2c(c1)c1cc(C(=O)N3CCOCC3)ccc1n2S(=O)(=O)C1CC1. The minimum Gasteiger partial charge on any atom is -0.378 e. The second-order valence-corrected chi connectivity index (χ2v) is 11.3. The molecule has 0 unspecified atom stereocenters. The van der Waals surface area contributed by atoms with Crippen molar-refractivity contribution >= 4 is 54.9 Å². The van der Waals surface area contributed by atoms with Crippen molar-refractivity contribution < 1.29 is 22.7 Å². The Balaban J connectivity index is 1.85. The van der Waals surface area contributed by atoms with Crippen LogP contribution in [0.25, 0.3) is 27.4 Å². The van der Waals surface area contributed by atoms with Gasteiger partial charge in [-0.3, -0.25) is 9.59 Å². The molecule has 3 N–H and O–H groups in total. The molecule has 188 valence electrons. The van der Waals surface area contributed by atoms with Gasteiger partial charge in [0.05, 0.1) is 35.1 Å². The summed E-state index contributed by atoms with van der Waals surface area (Å²) in [7, 11) is -3.80. The molecule has 2 amide bonds. The van der Waals surface area contributed by atoms with E-state index in [4.69, 9.17) is 15.9 Å². The van der Waals surface area contributed by atoms with Crippen molar-refractivity contribution in [3.05, 3.63) is 53.1 Å². The van der Waals surface area contributed by atoms with E-state index in [1.165, 1.54) is 3.97 Å². The topological polar surface area (TPSA) is 136 Å². The highest BCUT2D eigenvalue weighted by molar-refractivity contribution is 7.91. The van der Waals surface area contributed by atoms with Crippen molar-refractivity contribution in [1.82, 2.24) is 8.87 Å². The molecular formula is C26H28N4O5S. The van der Waals surface area contributed by atoms with E-state index in [0.29, 0.717) is 77.8 Å². The number of rotatable bonds is 6. The van der Waals surface area contributed by atoms with Crippen LogP contribution < -0.4 is 5.73 Å². The van der Waals surface area contributed by atoms with Crippen LogP contribution in [-0.2, 0) is 14.8 Å². The second-order valence-electron chi connectivity index (χ2n) is 9.26. The molecule has 0 atom stereocenters. The lowest BCUT2D eigenvalue weighted by molar-refractivity contribution is 0.0303. The van der Waals surface area contributed by atoms with Gasteiger partial charge in [0.2, 0.25) is 10.0 Å². The number of amides is 2. The highest BCUT2D eigenvalue weighted by Gasteiger charge is 2.39. The van der Waals surface area contributed by atoms with Crippen LogP contribution in [0.5, 0.6) is 0 Å². The van der Waals surface area contributed by atoms with Gasteiger partial charge in [-0.1, -0.05) is 6.08 Å². The summed E-state index contributed by atoms with van der Waals surface area (Å²) in [4.78, 5) is 27.6. The Bertz CT molecular complexity index is 1570. The van der Waals surface area contributed by atoms with Crippen LogP contribution in [0.3, 0.4) is 0 Å². The maximum atomic E-state index is 13.6. The number of nitrogens with zero attached hydrogens (tertiary/aromatic N) is 2. The van der Waals surface area contributed by atoms with Gasteiger partial charge in [-0.2, -0.15) is 0 Å². The number of benzene rings is 2. The van der Waals surface area contributed by atoms with E-state index >= 15 is 0 Å². The molecule has 1 aliphatic carbocycles. The predicted octanol–water partition coefficient (Wildman–Crippen LogP) is 3.15. The Hall–Kier alpha value is -3.50. The summed E-state index contributed by atoms with van der Waals surface area (Å²) in [6.07, 6.45) is 2.87. The first-order chi connectivity index (χ1) is 17.1. The number of fused-ring (bicyclic) bond motifs is 3. The zero-order valence-corrected chi connectivity index (χ0v) is 21.0. The predicted molar refractivity (Wildman–Crippen MR) is 139 cm³/mol. The van der Waals surface area contributed by atoms with Gasteiger partial charge >= 0.3 is 0 Å². The van der Waals surface area contributed by atoms with E-state index in [0.717, 1.165) is 0 Å². The zero-order valence-electron chi connectivity index (χ0n) is 20.2. The Morgan fingerprint density at radius 3 is 2.33 bits per heavy atom. The molecule has 0 spiro atoms. The molecule has 1 saturated heterocycles. The molecule has 9 nitrogen and oxygen atoms in total. The highest BCUT2D eigenvalue weighted by atomic mass is 32.2. The Labute approximate surface area is 209 Å². The number of morpholine rings is 1. The molecule has 2 aliphatic rings. The van der Waals surface area contributed by atoms with Crippen molar-refractivity contribution in [3.63, 3.8) is 0 Å². The molecule has 1 aromatic heterocycles. The van der Waals surface area contributed by atoms with Gasteiger partial charge in [-0.15, -0.1) is 0 Å². The van der Waals surface area contributed by atoms with Crippen LogP contribution in [0.15, 0.2) is 36.4 Å². The van der Waals surface area contributed by atoms with Gasteiger partial charge in [0, 0.05) is 35.1 Å². The van der Waals surface area contributed by atoms with E-state index in [9.17, 15) is 18.0 Å². The molecule has 36 heavy (non-hydrogen) atoms. The average molecular weight is 509 g/mol. The van der Waals surface area contributed by atoms with Gasteiger partial charge in [-0.25, -0.2) is 12.4 Å². The number of allylic oxidation sites excluding steroid dienone is 2. The molecule has 1 aliphatic heterocycles. The van der Waals surface area contributed by atoms with Crippen molar-refractivity contribution in [2.45, 2.75) is 31.9 Å². The van der Waals surface area contributed by atoms with Crippen molar-refractivity contribution in [1.29, 1.82) is 5.41 Å². The van der Waals surface area contributed by atoms with Crippen LogP contribution in [0, 0.1) is 5.41 Å². The summed E-state index contributed by atoms with van der Waals surface area (Å²) in [6.45, 7) is 5.33. The number of hydrogen-bond acceptors (Lipinski definition) is 6. The summed E-state index contributed by atoms with van der Waals surface area (Å²) >= 11 is 0. The molecule has 2 aromatic carbocycles. The van der Waals surface area contributed by atoms with Gasteiger partial charge in [0.15, 0.2) is 0 Å². The van der Waals surface area contributed by atoms with Gasteiger partial charge < -0.3 is 20.8 Å². The first-order valence-electron chi connectivity index (χ1n) is 11.9. The number of carbonyl (C=O) groups excluding carboxylic acids is 2. The molecule has 3 aromatic rings. The van der Waals surface area contributed by atoms with Gasteiger partial charge in [0.1, 0.15) is 0 Å². The minimum atomic E-state index is -3.80. The fraction of sp³-hybridized carbons (Fsp3) is 0.346. The van der Waals surface area contributed by atoms with Crippen molar-refractivity contribution in [2.75, 3.05) is 26.3 Å². The molecule has 0 radical (unpaired) electrons. The van der Waals surface area contributed by atoms with E-state index in [2.05, 4.69) is 0 Å². The van der Waals surface area contributed by atoms with Crippen LogP contribution in [-0.4, -0.2) is 66.4 Å². The third-order valence-electron chi connectivity index (χ3n) is 6.83. The third-order valence-corrected chi connectivity index (χ3v) is 9.04. The fourth-order valence-corrected chi connectivity index (χ4v) is 6.83.